The molecule has 2 aromatic heterocycles. The van der Waals surface area contributed by atoms with Crippen LogP contribution in [0.5, 0.6) is 0 Å². The fraction of sp³-hybridized carbons (Fsp3) is 0.273. The summed E-state index contributed by atoms with van der Waals surface area (Å²) in [6.07, 6.45) is 2.52. The Kier molecular flexibility index (Phi) is 4.77. The summed E-state index contributed by atoms with van der Waals surface area (Å²) in [7, 11) is 0. The minimum absolute atomic E-state index is 0.0261. The smallest absolute Gasteiger partial charge is 0.252 e. The van der Waals surface area contributed by atoms with Gasteiger partial charge in [0.2, 0.25) is 5.91 Å². The van der Waals surface area contributed by atoms with Crippen LogP contribution in [0.4, 0.5) is 0 Å². The zero-order chi connectivity index (χ0) is 19.7. The second-order valence-electron chi connectivity index (χ2n) is 7.13. The first kappa shape index (κ1) is 18.1. The van der Waals surface area contributed by atoms with E-state index in [4.69, 9.17) is 0 Å². The van der Waals surface area contributed by atoms with Gasteiger partial charge < -0.3 is 5.32 Å². The molecule has 142 valence electrons. The maximum atomic E-state index is 12.5. The van der Waals surface area contributed by atoms with Crippen LogP contribution in [-0.4, -0.2) is 25.5 Å². The highest BCUT2D eigenvalue weighted by Crippen LogP contribution is 2.21. The Bertz CT molecular complexity index is 1160. The first-order valence-electron chi connectivity index (χ1n) is 9.47. The van der Waals surface area contributed by atoms with Crippen molar-refractivity contribution in [1.82, 2.24) is 24.9 Å². The second-order valence-corrected chi connectivity index (χ2v) is 7.13. The molecule has 4 rings (SSSR count). The highest BCUT2D eigenvalue weighted by Gasteiger charge is 2.14. The van der Waals surface area contributed by atoms with Crippen molar-refractivity contribution in [3.8, 4) is 0 Å². The van der Waals surface area contributed by atoms with Gasteiger partial charge in [-0.3, -0.25) is 4.79 Å². The third kappa shape index (κ3) is 3.45. The summed E-state index contributed by atoms with van der Waals surface area (Å²) in [4.78, 5) is 21.1. The Morgan fingerprint density at radius 2 is 1.93 bits per heavy atom. The van der Waals surface area contributed by atoms with Gasteiger partial charge in [-0.1, -0.05) is 36.4 Å². The minimum Gasteiger partial charge on any atom is -0.350 e. The van der Waals surface area contributed by atoms with E-state index in [1.807, 2.05) is 32.9 Å². The van der Waals surface area contributed by atoms with Crippen molar-refractivity contribution in [3.05, 3.63) is 71.3 Å². The van der Waals surface area contributed by atoms with Gasteiger partial charge in [0.15, 0.2) is 0 Å². The van der Waals surface area contributed by atoms with E-state index in [-0.39, 0.29) is 11.9 Å². The number of amides is 1. The number of carbonyl (C=O) groups is 1. The molecule has 0 saturated heterocycles. The van der Waals surface area contributed by atoms with Gasteiger partial charge in [-0.05, 0) is 55.2 Å². The predicted octanol–water partition coefficient (Wildman–Crippen LogP) is 3.70. The Morgan fingerprint density at radius 3 is 2.75 bits per heavy atom. The average molecular weight is 373 g/mol. The summed E-state index contributed by atoms with van der Waals surface area (Å²) in [5.41, 5.74) is 4.03. The van der Waals surface area contributed by atoms with E-state index in [0.29, 0.717) is 18.6 Å². The molecule has 28 heavy (non-hydrogen) atoms. The van der Waals surface area contributed by atoms with E-state index in [1.54, 1.807) is 4.52 Å². The second kappa shape index (κ2) is 7.38. The fourth-order valence-corrected chi connectivity index (χ4v) is 3.63. The molecular formula is C22H23N5O. The zero-order valence-corrected chi connectivity index (χ0v) is 16.3. The standard InChI is InChI=1S/C22H23N5O/c1-14(18-9-8-17-6-4-5-7-19(17)12-18)25-21(28)11-10-20-15(2)26-22-23-13-24-27(22)16(20)3/h4-9,12-14H,10-11H2,1-3H3,(H,25,28). The number of benzene rings is 2. The Morgan fingerprint density at radius 1 is 1.14 bits per heavy atom. The summed E-state index contributed by atoms with van der Waals surface area (Å²) in [5.74, 6) is 0.617. The Labute approximate surface area is 163 Å². The van der Waals surface area contributed by atoms with Crippen LogP contribution in [-0.2, 0) is 11.2 Å². The lowest BCUT2D eigenvalue weighted by Crippen LogP contribution is -2.27. The minimum atomic E-state index is -0.0461. The van der Waals surface area contributed by atoms with Gasteiger partial charge in [0, 0.05) is 17.8 Å². The van der Waals surface area contributed by atoms with E-state index in [1.165, 1.54) is 17.1 Å². The molecule has 2 heterocycles. The molecule has 0 bridgehead atoms. The lowest BCUT2D eigenvalue weighted by atomic mass is 10.0. The highest BCUT2D eigenvalue weighted by molar-refractivity contribution is 5.83. The van der Waals surface area contributed by atoms with Crippen molar-refractivity contribution in [1.29, 1.82) is 0 Å². The van der Waals surface area contributed by atoms with Crippen molar-refractivity contribution in [3.63, 3.8) is 0 Å². The molecule has 6 nitrogen and oxygen atoms in total. The number of nitrogens with zero attached hydrogens (tertiary/aromatic N) is 4. The van der Waals surface area contributed by atoms with Crippen LogP contribution in [0.25, 0.3) is 16.6 Å². The first-order valence-corrected chi connectivity index (χ1v) is 9.47. The normalized spacial score (nSPS) is 12.4. The number of carbonyl (C=O) groups excluding carboxylic acids is 1. The van der Waals surface area contributed by atoms with E-state index in [9.17, 15) is 4.79 Å². The molecule has 1 unspecified atom stereocenters. The summed E-state index contributed by atoms with van der Waals surface area (Å²) in [6, 6.07) is 14.5. The molecule has 0 saturated carbocycles. The van der Waals surface area contributed by atoms with Crippen molar-refractivity contribution in [2.75, 3.05) is 0 Å². The van der Waals surface area contributed by atoms with Crippen LogP contribution in [0.1, 0.15) is 41.9 Å². The van der Waals surface area contributed by atoms with E-state index >= 15 is 0 Å². The van der Waals surface area contributed by atoms with Crippen LogP contribution in [0.3, 0.4) is 0 Å². The number of fused-ring (bicyclic) bond motifs is 2. The van der Waals surface area contributed by atoms with Gasteiger partial charge in [0.05, 0.1) is 6.04 Å². The highest BCUT2D eigenvalue weighted by atomic mass is 16.1. The van der Waals surface area contributed by atoms with Crippen molar-refractivity contribution in [2.24, 2.45) is 0 Å². The number of aromatic nitrogens is 4. The molecule has 0 spiro atoms. The third-order valence-electron chi connectivity index (χ3n) is 5.24. The molecule has 1 amide bonds. The number of aryl methyl sites for hydroxylation is 2. The van der Waals surface area contributed by atoms with Gasteiger partial charge in [0.1, 0.15) is 6.33 Å². The SMILES string of the molecule is Cc1nc2ncnn2c(C)c1CCC(=O)NC(C)c1ccc2ccccc2c1. The quantitative estimate of drug-likeness (QED) is 0.579. The lowest BCUT2D eigenvalue weighted by Gasteiger charge is -2.16. The number of nitrogens with one attached hydrogen (secondary N) is 1. The Hall–Kier alpha value is -3.28. The maximum absolute atomic E-state index is 12.5. The molecule has 0 fully saturated rings. The van der Waals surface area contributed by atoms with Gasteiger partial charge in [-0.25, -0.2) is 9.50 Å². The van der Waals surface area contributed by atoms with Gasteiger partial charge in [-0.2, -0.15) is 10.1 Å². The summed E-state index contributed by atoms with van der Waals surface area (Å²) < 4.78 is 1.72. The van der Waals surface area contributed by atoms with Crippen LogP contribution < -0.4 is 5.32 Å². The predicted molar refractivity (Wildman–Crippen MR) is 109 cm³/mol. The molecule has 0 radical (unpaired) electrons. The molecule has 0 aliphatic heterocycles. The van der Waals surface area contributed by atoms with Gasteiger partial charge in [0.25, 0.3) is 5.78 Å². The van der Waals surface area contributed by atoms with Crippen molar-refractivity contribution in [2.45, 2.75) is 39.7 Å². The average Bonchev–Trinajstić information content (AvgIpc) is 3.16. The summed E-state index contributed by atoms with van der Waals surface area (Å²) in [6.45, 7) is 5.95. The monoisotopic (exact) mass is 373 g/mol. The van der Waals surface area contributed by atoms with Crippen LogP contribution in [0.15, 0.2) is 48.8 Å². The Balaban J connectivity index is 1.44. The molecule has 1 atom stereocenters. The molecule has 4 aromatic rings. The van der Waals surface area contributed by atoms with Crippen LogP contribution >= 0.6 is 0 Å². The molecule has 1 N–H and O–H groups in total. The fourth-order valence-electron chi connectivity index (χ4n) is 3.63. The molecule has 0 aliphatic rings. The maximum Gasteiger partial charge on any atom is 0.252 e. The molecule has 6 heteroatoms. The topological polar surface area (TPSA) is 72.2 Å². The van der Waals surface area contributed by atoms with Gasteiger partial charge in [-0.15, -0.1) is 0 Å². The lowest BCUT2D eigenvalue weighted by molar-refractivity contribution is -0.121. The summed E-state index contributed by atoms with van der Waals surface area (Å²) in [5, 5.41) is 9.69. The first-order chi connectivity index (χ1) is 13.5. The molecular weight excluding hydrogens is 350 g/mol. The van der Waals surface area contributed by atoms with E-state index in [0.717, 1.165) is 22.5 Å². The van der Waals surface area contributed by atoms with Crippen molar-refractivity contribution >= 4 is 22.5 Å². The van der Waals surface area contributed by atoms with Crippen molar-refractivity contribution < 1.29 is 4.79 Å². The van der Waals surface area contributed by atoms with Gasteiger partial charge >= 0.3 is 0 Å². The molecule has 2 aromatic carbocycles. The largest absolute Gasteiger partial charge is 0.350 e. The molecule has 0 aliphatic carbocycles. The number of rotatable bonds is 5. The van der Waals surface area contributed by atoms with Crippen LogP contribution in [0.2, 0.25) is 0 Å². The van der Waals surface area contributed by atoms with E-state index in [2.05, 4.69) is 50.7 Å². The van der Waals surface area contributed by atoms with E-state index < -0.39 is 0 Å². The zero-order valence-electron chi connectivity index (χ0n) is 16.3. The summed E-state index contributed by atoms with van der Waals surface area (Å²) >= 11 is 0. The third-order valence-corrected chi connectivity index (χ3v) is 5.24. The van der Waals surface area contributed by atoms with Crippen LogP contribution in [0, 0.1) is 13.8 Å². The number of hydrogen-bond donors (Lipinski definition) is 1. The number of hydrogen-bond acceptors (Lipinski definition) is 4.